The maximum atomic E-state index is 12.2. The van der Waals surface area contributed by atoms with Crippen LogP contribution >= 0.6 is 0 Å². The van der Waals surface area contributed by atoms with Crippen LogP contribution in [0.5, 0.6) is 0 Å². The smallest absolute Gasteiger partial charge is 0.311 e. The number of ether oxygens (including phenoxy) is 1. The van der Waals surface area contributed by atoms with Gasteiger partial charge in [-0.05, 0) is 71.1 Å². The van der Waals surface area contributed by atoms with Gasteiger partial charge in [-0.25, -0.2) is 0 Å². The van der Waals surface area contributed by atoms with Crippen molar-refractivity contribution in [2.24, 2.45) is 29.1 Å². The first-order valence-electron chi connectivity index (χ1n) is 7.04. The fourth-order valence-corrected chi connectivity index (χ4v) is 4.54. The molecule has 0 N–H and O–H groups in total. The second-order valence-corrected chi connectivity index (χ2v) is 7.70. The van der Waals surface area contributed by atoms with Crippen molar-refractivity contribution >= 4 is 5.97 Å². The van der Waals surface area contributed by atoms with Gasteiger partial charge in [0.05, 0.1) is 5.41 Å². The Morgan fingerprint density at radius 1 is 1.18 bits per heavy atom. The van der Waals surface area contributed by atoms with Crippen molar-refractivity contribution in [1.82, 2.24) is 0 Å². The first kappa shape index (κ1) is 11.6. The summed E-state index contributed by atoms with van der Waals surface area (Å²) < 4.78 is 5.99. The van der Waals surface area contributed by atoms with Crippen LogP contribution in [0.25, 0.3) is 0 Å². The van der Waals surface area contributed by atoms with Gasteiger partial charge >= 0.3 is 5.97 Å². The van der Waals surface area contributed by atoms with Gasteiger partial charge < -0.3 is 4.74 Å². The number of carbonyl (C=O) groups is 1. The number of rotatable bonds is 1. The second kappa shape index (κ2) is 3.27. The third kappa shape index (κ3) is 1.56. The number of hydrogen-bond acceptors (Lipinski definition) is 2. The highest BCUT2D eigenvalue weighted by atomic mass is 16.6. The van der Waals surface area contributed by atoms with Crippen LogP contribution in [0.3, 0.4) is 0 Å². The maximum Gasteiger partial charge on any atom is 0.311 e. The van der Waals surface area contributed by atoms with Crippen molar-refractivity contribution in [3.05, 3.63) is 0 Å². The minimum absolute atomic E-state index is 0.0176. The summed E-state index contributed by atoms with van der Waals surface area (Å²) in [7, 11) is 0. The lowest BCUT2D eigenvalue weighted by Gasteiger charge is -2.42. The molecule has 0 aromatic heterocycles. The lowest BCUT2D eigenvalue weighted by molar-refractivity contribution is -0.180. The molecule has 0 aliphatic heterocycles. The quantitative estimate of drug-likeness (QED) is 0.652. The van der Waals surface area contributed by atoms with Crippen LogP contribution in [0, 0.1) is 29.1 Å². The molecule has 2 heteroatoms. The molecule has 0 aromatic rings. The summed E-state index contributed by atoms with van der Waals surface area (Å²) in [4.78, 5) is 12.2. The zero-order chi connectivity index (χ0) is 12.4. The van der Waals surface area contributed by atoms with E-state index in [1.807, 2.05) is 20.8 Å². The molecule has 4 aliphatic rings. The molecule has 4 fully saturated rings. The highest BCUT2D eigenvalue weighted by Gasteiger charge is 2.62. The van der Waals surface area contributed by atoms with Crippen molar-refractivity contribution in [3.8, 4) is 0 Å². The van der Waals surface area contributed by atoms with Gasteiger partial charge in [0, 0.05) is 5.92 Å². The van der Waals surface area contributed by atoms with E-state index >= 15 is 0 Å². The van der Waals surface area contributed by atoms with Gasteiger partial charge in [0.1, 0.15) is 5.60 Å². The van der Waals surface area contributed by atoms with Crippen molar-refractivity contribution in [2.75, 3.05) is 0 Å². The second-order valence-electron chi connectivity index (χ2n) is 7.70. The Hall–Kier alpha value is -0.530. The van der Waals surface area contributed by atoms with Crippen molar-refractivity contribution in [1.29, 1.82) is 0 Å². The highest BCUT2D eigenvalue weighted by Crippen LogP contribution is 2.64. The van der Waals surface area contributed by atoms with Crippen LogP contribution in [0.1, 0.15) is 53.4 Å². The highest BCUT2D eigenvalue weighted by molar-refractivity contribution is 5.76. The van der Waals surface area contributed by atoms with Gasteiger partial charge in [-0.3, -0.25) is 4.79 Å². The zero-order valence-electron chi connectivity index (χ0n) is 11.5. The number of carbonyl (C=O) groups excluding carboxylic acids is 1. The summed E-state index contributed by atoms with van der Waals surface area (Å²) in [6.07, 6.45) is 5.29. The molecule has 2 nitrogen and oxygen atoms in total. The van der Waals surface area contributed by atoms with Gasteiger partial charge in [-0.15, -0.1) is 0 Å². The summed E-state index contributed by atoms with van der Waals surface area (Å²) in [5.41, 5.74) is -0.523. The van der Waals surface area contributed by atoms with E-state index in [9.17, 15) is 4.79 Å². The minimum Gasteiger partial charge on any atom is -0.458 e. The van der Waals surface area contributed by atoms with Crippen molar-refractivity contribution < 1.29 is 9.53 Å². The van der Waals surface area contributed by atoms with E-state index in [0.717, 1.165) is 11.8 Å². The van der Waals surface area contributed by atoms with E-state index < -0.39 is 0 Å². The molecule has 4 bridgehead atoms. The Morgan fingerprint density at radius 2 is 1.88 bits per heavy atom. The Morgan fingerprint density at radius 3 is 2.47 bits per heavy atom. The fraction of sp³-hybridized carbons (Fsp3) is 0.933. The van der Waals surface area contributed by atoms with E-state index in [-0.39, 0.29) is 17.0 Å². The van der Waals surface area contributed by atoms with E-state index in [2.05, 4.69) is 6.92 Å². The Kier molecular flexibility index (Phi) is 2.22. The normalized spacial score (nSPS) is 47.5. The molecular formula is C15H24O2. The molecule has 0 aromatic carbocycles. The van der Waals surface area contributed by atoms with Gasteiger partial charge in [0.15, 0.2) is 0 Å². The first-order valence-corrected chi connectivity index (χ1v) is 7.04. The molecule has 5 atom stereocenters. The van der Waals surface area contributed by atoms with Crippen LogP contribution in [0.15, 0.2) is 0 Å². The molecule has 0 spiro atoms. The number of esters is 1. The molecule has 0 radical (unpaired) electrons. The summed E-state index contributed by atoms with van der Waals surface area (Å²) >= 11 is 0. The standard InChI is InChI=1S/C15H24O2/c1-14(2,3)13(16)17-15(4)11-6-9-5-10(8-11)12(15)7-9/h9-12H,5-8H2,1-4H3. The predicted molar refractivity (Wildman–Crippen MR) is 66.4 cm³/mol. The van der Waals surface area contributed by atoms with Crippen LogP contribution < -0.4 is 0 Å². The zero-order valence-corrected chi connectivity index (χ0v) is 11.5. The fourth-order valence-electron chi connectivity index (χ4n) is 4.54. The summed E-state index contributed by atoms with van der Waals surface area (Å²) in [6, 6.07) is 0. The summed E-state index contributed by atoms with van der Waals surface area (Å²) in [5.74, 6) is 3.05. The van der Waals surface area contributed by atoms with Crippen LogP contribution in [-0.2, 0) is 9.53 Å². The molecule has 0 heterocycles. The average molecular weight is 236 g/mol. The monoisotopic (exact) mass is 236 g/mol. The molecule has 5 unspecified atom stereocenters. The van der Waals surface area contributed by atoms with Gasteiger partial charge in [-0.1, -0.05) is 0 Å². The molecule has 0 saturated heterocycles. The molecule has 4 rings (SSSR count). The Labute approximate surface area is 104 Å². The Bertz CT molecular complexity index is 350. The van der Waals surface area contributed by atoms with Crippen molar-refractivity contribution in [2.45, 2.75) is 59.0 Å². The summed E-state index contributed by atoms with van der Waals surface area (Å²) in [5, 5.41) is 0. The van der Waals surface area contributed by atoms with Crippen LogP contribution in [0.2, 0.25) is 0 Å². The van der Waals surface area contributed by atoms with Crippen molar-refractivity contribution in [3.63, 3.8) is 0 Å². The maximum absolute atomic E-state index is 12.2. The lowest BCUT2D eigenvalue weighted by atomic mass is 9.73. The van der Waals surface area contributed by atoms with E-state index in [0.29, 0.717) is 11.8 Å². The van der Waals surface area contributed by atoms with Crippen LogP contribution in [-0.4, -0.2) is 11.6 Å². The predicted octanol–water partition coefficient (Wildman–Crippen LogP) is 3.40. The summed E-state index contributed by atoms with van der Waals surface area (Å²) in [6.45, 7) is 8.05. The molecule has 17 heavy (non-hydrogen) atoms. The molecule has 96 valence electrons. The SMILES string of the molecule is CC(C)(C)C(=O)OC1(C)C2CC3CC(C2)C1C3. The average Bonchev–Trinajstić information content (AvgIpc) is 2.58. The molecule has 4 saturated carbocycles. The van der Waals surface area contributed by atoms with Crippen LogP contribution in [0.4, 0.5) is 0 Å². The topological polar surface area (TPSA) is 26.3 Å². The lowest BCUT2D eigenvalue weighted by Crippen LogP contribution is -2.46. The third-order valence-corrected chi connectivity index (χ3v) is 5.47. The minimum atomic E-state index is -0.372. The van der Waals surface area contributed by atoms with E-state index in [4.69, 9.17) is 4.74 Å². The molecular weight excluding hydrogens is 212 g/mol. The molecule has 4 aliphatic carbocycles. The number of hydrogen-bond donors (Lipinski definition) is 0. The van der Waals surface area contributed by atoms with Gasteiger partial charge in [0.25, 0.3) is 0 Å². The largest absolute Gasteiger partial charge is 0.458 e. The first-order chi connectivity index (χ1) is 7.80. The van der Waals surface area contributed by atoms with E-state index in [1.54, 1.807) is 0 Å². The van der Waals surface area contributed by atoms with Gasteiger partial charge in [0.2, 0.25) is 0 Å². The Balaban J connectivity index is 1.81. The third-order valence-electron chi connectivity index (χ3n) is 5.47. The van der Waals surface area contributed by atoms with Gasteiger partial charge in [-0.2, -0.15) is 0 Å². The molecule has 0 amide bonds. The van der Waals surface area contributed by atoms with E-state index in [1.165, 1.54) is 25.7 Å².